The van der Waals surface area contributed by atoms with Gasteiger partial charge in [-0.3, -0.25) is 24.3 Å². The lowest BCUT2D eigenvalue weighted by Crippen LogP contribution is -2.44. The van der Waals surface area contributed by atoms with E-state index in [2.05, 4.69) is 20.5 Å². The number of halogens is 2. The number of carboxylic acids is 1. The molecule has 3 aromatic heterocycles. The van der Waals surface area contributed by atoms with Crippen LogP contribution in [0.4, 0.5) is 5.69 Å². The maximum atomic E-state index is 13.7. The number of piperidine rings is 1. The maximum Gasteiger partial charge on any atom is 0.306 e. The highest BCUT2D eigenvalue weighted by atomic mass is 35.5. The van der Waals surface area contributed by atoms with Crippen LogP contribution >= 0.6 is 23.2 Å². The molecule has 2 aliphatic heterocycles. The summed E-state index contributed by atoms with van der Waals surface area (Å²) in [5.41, 5.74) is 5.48. The third-order valence-corrected chi connectivity index (χ3v) is 12.4. The molecule has 2 amide bonds. The number of amides is 2. The summed E-state index contributed by atoms with van der Waals surface area (Å²) in [5.74, 6) is 0.0849. The Morgan fingerprint density at radius 3 is 2.43 bits per heavy atom. The van der Waals surface area contributed by atoms with Crippen LogP contribution in [0.15, 0.2) is 42.6 Å². The summed E-state index contributed by atoms with van der Waals surface area (Å²) >= 11 is 14.0. The smallest absolute Gasteiger partial charge is 0.306 e. The van der Waals surface area contributed by atoms with Gasteiger partial charge in [-0.15, -0.1) is 0 Å². The number of hydrogen-bond acceptors (Lipinski definition) is 9. The first-order chi connectivity index (χ1) is 27.0. The molecule has 2 fully saturated rings. The zero-order valence-corrected chi connectivity index (χ0v) is 33.5. The van der Waals surface area contributed by atoms with Gasteiger partial charge in [-0.2, -0.15) is 0 Å². The van der Waals surface area contributed by atoms with Crippen molar-refractivity contribution in [1.82, 2.24) is 34.6 Å². The number of nitrogens with one attached hydrogen (secondary N) is 2. The lowest BCUT2D eigenvalue weighted by atomic mass is 9.81. The number of pyridine rings is 2. The number of aliphatic carboxylic acids is 1. The number of carbonyl (C=O) groups excluding carboxylic acids is 2. The average Bonchev–Trinajstić information content (AvgIpc) is 3.53. The van der Waals surface area contributed by atoms with Gasteiger partial charge in [0, 0.05) is 94.3 Å². The first kappa shape index (κ1) is 39.7. The second-order valence-electron chi connectivity index (χ2n) is 15.1. The molecule has 7 rings (SSSR count). The molecule has 0 radical (unpaired) electrons. The van der Waals surface area contributed by atoms with E-state index in [0.29, 0.717) is 70.0 Å². The van der Waals surface area contributed by atoms with Gasteiger partial charge in [0.05, 0.1) is 45.8 Å². The van der Waals surface area contributed by atoms with Gasteiger partial charge < -0.3 is 29.9 Å². The largest absolute Gasteiger partial charge is 0.481 e. The van der Waals surface area contributed by atoms with E-state index in [1.807, 2.05) is 34.7 Å². The Bertz CT molecular complexity index is 2110. The Labute approximate surface area is 336 Å². The van der Waals surface area contributed by atoms with Crippen molar-refractivity contribution < 1.29 is 24.2 Å². The molecule has 4 aromatic rings. The number of ether oxygens (including phenoxy) is 1. The number of nitrogens with zero attached hydrogens (tertiary/aromatic N) is 6. The minimum atomic E-state index is -0.686. The van der Waals surface area contributed by atoms with Gasteiger partial charge >= 0.3 is 5.97 Å². The molecule has 15 heteroatoms. The van der Waals surface area contributed by atoms with Gasteiger partial charge in [-0.25, -0.2) is 9.97 Å². The Balaban J connectivity index is 1.03. The molecule has 5 heterocycles. The maximum absolute atomic E-state index is 13.7. The van der Waals surface area contributed by atoms with Crippen LogP contribution in [0.3, 0.4) is 0 Å². The van der Waals surface area contributed by atoms with Gasteiger partial charge in [-0.05, 0) is 62.6 Å². The predicted molar refractivity (Wildman–Crippen MR) is 215 cm³/mol. The minimum Gasteiger partial charge on any atom is -0.481 e. The normalized spacial score (nSPS) is 19.1. The fourth-order valence-corrected chi connectivity index (χ4v) is 8.87. The summed E-state index contributed by atoms with van der Waals surface area (Å²) in [4.78, 5) is 55.2. The number of fused-ring (bicyclic) bond motifs is 1. The highest BCUT2D eigenvalue weighted by molar-refractivity contribution is 6.39. The van der Waals surface area contributed by atoms with Crippen molar-refractivity contribution in [2.24, 2.45) is 18.9 Å². The zero-order chi connectivity index (χ0) is 39.5. The van der Waals surface area contributed by atoms with Crippen LogP contribution in [-0.2, 0) is 36.1 Å². The van der Waals surface area contributed by atoms with Gasteiger partial charge in [0.25, 0.3) is 5.91 Å². The van der Waals surface area contributed by atoms with Gasteiger partial charge in [0.2, 0.25) is 11.8 Å². The van der Waals surface area contributed by atoms with E-state index in [4.69, 9.17) is 37.9 Å². The molecule has 0 unspecified atom stereocenters. The molecule has 3 N–H and O–H groups in total. The molecule has 296 valence electrons. The third-order valence-electron chi connectivity index (χ3n) is 11.6. The van der Waals surface area contributed by atoms with Crippen molar-refractivity contribution in [3.8, 4) is 28.4 Å². The average molecular weight is 804 g/mol. The van der Waals surface area contributed by atoms with E-state index >= 15 is 0 Å². The summed E-state index contributed by atoms with van der Waals surface area (Å²) in [5, 5.41) is 16.5. The minimum absolute atomic E-state index is 0.114. The van der Waals surface area contributed by atoms with Crippen LogP contribution in [-0.4, -0.2) is 91.5 Å². The Morgan fingerprint density at radius 1 is 0.946 bits per heavy atom. The molecule has 1 aliphatic carbocycles. The van der Waals surface area contributed by atoms with Crippen LogP contribution < -0.4 is 15.4 Å². The molecule has 3 aliphatic rings. The Morgan fingerprint density at radius 2 is 1.71 bits per heavy atom. The number of likely N-dealkylation sites (tertiary alicyclic amines) is 1. The summed E-state index contributed by atoms with van der Waals surface area (Å²) < 4.78 is 7.55. The fraction of sp³-hybridized carbons (Fsp3) is 0.463. The molecule has 0 bridgehead atoms. The summed E-state index contributed by atoms with van der Waals surface area (Å²) in [6, 6.07) is 11.3. The van der Waals surface area contributed by atoms with Crippen LogP contribution in [0, 0.1) is 11.8 Å². The first-order valence-electron chi connectivity index (χ1n) is 19.3. The van der Waals surface area contributed by atoms with Gasteiger partial charge in [0.1, 0.15) is 0 Å². The van der Waals surface area contributed by atoms with Crippen molar-refractivity contribution in [3.63, 3.8) is 0 Å². The quantitative estimate of drug-likeness (QED) is 0.154. The lowest BCUT2D eigenvalue weighted by molar-refractivity contribution is -0.143. The highest BCUT2D eigenvalue weighted by Crippen LogP contribution is 2.40. The van der Waals surface area contributed by atoms with Crippen molar-refractivity contribution in [2.75, 3.05) is 38.6 Å². The first-order valence-corrected chi connectivity index (χ1v) is 20.0. The molecular weight excluding hydrogens is 755 g/mol. The predicted octanol–water partition coefficient (Wildman–Crippen LogP) is 6.46. The van der Waals surface area contributed by atoms with Gasteiger partial charge in [-0.1, -0.05) is 41.4 Å². The van der Waals surface area contributed by atoms with Crippen LogP contribution in [0.5, 0.6) is 5.88 Å². The van der Waals surface area contributed by atoms with E-state index in [0.717, 1.165) is 88.1 Å². The monoisotopic (exact) mass is 802 g/mol. The SMILES string of the molecule is COc1nc(-c2ccnc(-c3cccc(NC(=O)c4nc5c(n4C)CCN(C[C@H]4CC[C@@H](C(=O)O)CC4)C5)c3Cl)c2Cl)ccc1CNC1CCN(C(C)=O)CC1. The topological polar surface area (TPSA) is 155 Å². The van der Waals surface area contributed by atoms with Crippen molar-refractivity contribution >= 4 is 46.7 Å². The number of hydrogen-bond donors (Lipinski definition) is 3. The molecule has 0 spiro atoms. The second-order valence-corrected chi connectivity index (χ2v) is 15.9. The standard InChI is InChI=1S/C41H48Cl2N8O5/c1-24(52)51-19-14-28(15-20-51)45-21-27-11-12-31(48-40(27)56-3)29-13-17-44-37(36(29)43)30-5-4-6-32(35(30)42)47-39(53)38-46-33-23-50(18-16-34(33)49(38)2)22-25-7-9-26(10-8-25)41(54)55/h4-6,11-13,17,25-26,28,45H,7-10,14-16,18-23H2,1-3H3,(H,47,53)(H,54,55)/t25-,26+. The lowest BCUT2D eigenvalue weighted by Gasteiger charge is -2.33. The molecule has 1 saturated heterocycles. The molecule has 0 atom stereocenters. The van der Waals surface area contributed by atoms with E-state index in [-0.39, 0.29) is 22.8 Å². The number of carbonyl (C=O) groups is 3. The van der Waals surface area contributed by atoms with Crippen LogP contribution in [0.25, 0.3) is 22.5 Å². The number of carboxylic acid groups (broad SMARTS) is 1. The fourth-order valence-electron chi connectivity index (χ4n) is 8.30. The summed E-state index contributed by atoms with van der Waals surface area (Å²) in [7, 11) is 3.46. The Hall–Kier alpha value is -4.56. The number of aromatic nitrogens is 4. The molecular formula is C41H48Cl2N8O5. The molecule has 1 aromatic carbocycles. The van der Waals surface area contributed by atoms with Crippen LogP contribution in [0.2, 0.25) is 10.0 Å². The number of anilines is 1. The van der Waals surface area contributed by atoms with Crippen molar-refractivity contribution in [1.29, 1.82) is 0 Å². The van der Waals surface area contributed by atoms with Crippen molar-refractivity contribution in [2.45, 2.75) is 71.0 Å². The van der Waals surface area contributed by atoms with Gasteiger partial charge in [0.15, 0.2) is 5.82 Å². The van der Waals surface area contributed by atoms with E-state index in [1.165, 1.54) is 0 Å². The summed E-state index contributed by atoms with van der Waals surface area (Å²) in [6.07, 6.45) is 7.51. The van der Waals surface area contributed by atoms with E-state index in [1.54, 1.807) is 38.4 Å². The number of imidazole rings is 1. The Kier molecular flexibility index (Phi) is 12.2. The molecule has 56 heavy (non-hydrogen) atoms. The van der Waals surface area contributed by atoms with Crippen LogP contribution in [0.1, 0.15) is 73.0 Å². The number of methoxy groups -OCH3 is 1. The second kappa shape index (κ2) is 17.3. The van der Waals surface area contributed by atoms with Crippen molar-refractivity contribution in [3.05, 3.63) is 75.4 Å². The zero-order valence-electron chi connectivity index (χ0n) is 32.0. The highest BCUT2D eigenvalue weighted by Gasteiger charge is 2.31. The van der Waals surface area contributed by atoms with E-state index < -0.39 is 5.97 Å². The number of benzene rings is 1. The summed E-state index contributed by atoms with van der Waals surface area (Å²) in [6.45, 7) is 6.09. The number of rotatable bonds is 11. The third kappa shape index (κ3) is 8.56. The van der Waals surface area contributed by atoms with E-state index in [9.17, 15) is 19.5 Å². The molecule has 1 saturated carbocycles. The molecule has 13 nitrogen and oxygen atoms in total.